The molecule has 0 saturated heterocycles. The standard InChI is InChI=1S/C28H16Cl2O/c29-19-12-10-17(11-13-19)25-23-15-14-20(30)16-24(23)28(18-6-2-1-3-7-18)26(25)21-8-4-5-9-22(21)27(28)31/h1-16H. The summed E-state index contributed by atoms with van der Waals surface area (Å²) in [6, 6.07) is 31.7. The van der Waals surface area contributed by atoms with E-state index in [2.05, 4.69) is 6.07 Å². The molecule has 0 aromatic heterocycles. The van der Waals surface area contributed by atoms with Crippen LogP contribution in [0.5, 0.6) is 0 Å². The second kappa shape index (κ2) is 6.68. The van der Waals surface area contributed by atoms with Crippen LogP contribution in [0.25, 0.3) is 11.1 Å². The lowest BCUT2D eigenvalue weighted by molar-refractivity contribution is 0.0954. The van der Waals surface area contributed by atoms with Crippen molar-refractivity contribution in [2.75, 3.05) is 0 Å². The third kappa shape index (κ3) is 2.42. The van der Waals surface area contributed by atoms with Gasteiger partial charge >= 0.3 is 0 Å². The van der Waals surface area contributed by atoms with E-state index >= 15 is 0 Å². The Morgan fingerprint density at radius 1 is 0.613 bits per heavy atom. The van der Waals surface area contributed by atoms with Gasteiger partial charge in [-0.25, -0.2) is 0 Å². The van der Waals surface area contributed by atoms with E-state index in [4.69, 9.17) is 23.2 Å². The van der Waals surface area contributed by atoms with Crippen molar-refractivity contribution in [2.45, 2.75) is 5.41 Å². The predicted octanol–water partition coefficient (Wildman–Crippen LogP) is 7.45. The zero-order chi connectivity index (χ0) is 21.2. The Kier molecular flexibility index (Phi) is 4.02. The number of carbonyl (C=O) groups is 1. The molecule has 2 aliphatic rings. The number of carbonyl (C=O) groups excluding carboxylic acids is 1. The highest BCUT2D eigenvalue weighted by atomic mass is 35.5. The summed E-state index contributed by atoms with van der Waals surface area (Å²) in [5.74, 6) is 0.0942. The summed E-state index contributed by atoms with van der Waals surface area (Å²) in [5, 5.41) is 1.30. The first-order chi connectivity index (χ1) is 15.1. The zero-order valence-corrected chi connectivity index (χ0v) is 17.9. The second-order valence-corrected chi connectivity index (χ2v) is 8.81. The van der Waals surface area contributed by atoms with Crippen molar-refractivity contribution in [3.05, 3.63) is 140 Å². The highest BCUT2D eigenvalue weighted by Gasteiger charge is 2.57. The summed E-state index contributed by atoms with van der Waals surface area (Å²) >= 11 is 12.7. The van der Waals surface area contributed by atoms with E-state index in [9.17, 15) is 4.79 Å². The lowest BCUT2D eigenvalue weighted by Crippen LogP contribution is -2.32. The van der Waals surface area contributed by atoms with Crippen molar-refractivity contribution in [3.8, 4) is 0 Å². The molecule has 0 fully saturated rings. The molecule has 6 rings (SSSR count). The maximum Gasteiger partial charge on any atom is 0.182 e. The van der Waals surface area contributed by atoms with Gasteiger partial charge < -0.3 is 0 Å². The summed E-state index contributed by atoms with van der Waals surface area (Å²) < 4.78 is 0. The average molecular weight is 439 g/mol. The first kappa shape index (κ1) is 18.6. The molecule has 0 bridgehead atoms. The van der Waals surface area contributed by atoms with Crippen molar-refractivity contribution in [2.24, 2.45) is 0 Å². The minimum atomic E-state index is -0.917. The number of hydrogen-bond acceptors (Lipinski definition) is 1. The molecular formula is C28H16Cl2O. The molecule has 0 aliphatic heterocycles. The van der Waals surface area contributed by atoms with Crippen LogP contribution in [0.4, 0.5) is 0 Å². The van der Waals surface area contributed by atoms with E-state index in [0.717, 1.165) is 44.5 Å². The van der Waals surface area contributed by atoms with Crippen LogP contribution in [0.15, 0.2) is 97.1 Å². The van der Waals surface area contributed by atoms with Gasteiger partial charge in [-0.2, -0.15) is 0 Å². The maximum atomic E-state index is 14.2. The molecule has 0 saturated carbocycles. The van der Waals surface area contributed by atoms with Crippen LogP contribution in [-0.2, 0) is 5.41 Å². The number of benzene rings is 4. The van der Waals surface area contributed by atoms with Crippen molar-refractivity contribution in [1.82, 2.24) is 0 Å². The lowest BCUT2D eigenvalue weighted by atomic mass is 9.71. The smallest absolute Gasteiger partial charge is 0.182 e. The van der Waals surface area contributed by atoms with Crippen molar-refractivity contribution in [3.63, 3.8) is 0 Å². The summed E-state index contributed by atoms with van der Waals surface area (Å²) in [7, 11) is 0. The lowest BCUT2D eigenvalue weighted by Gasteiger charge is -2.28. The Morgan fingerprint density at radius 2 is 1.26 bits per heavy atom. The summed E-state index contributed by atoms with van der Waals surface area (Å²) in [5.41, 5.74) is 6.86. The molecule has 3 heteroatoms. The SMILES string of the molecule is O=C1c2ccccc2C2=C(c3ccc(Cl)cc3)c3ccc(Cl)cc3C12c1ccccc1. The number of Topliss-reactive ketones (excluding diaryl/α,β-unsaturated/α-hetero) is 1. The van der Waals surface area contributed by atoms with E-state index in [0.29, 0.717) is 10.0 Å². The van der Waals surface area contributed by atoms with Crippen LogP contribution in [-0.4, -0.2) is 5.78 Å². The monoisotopic (exact) mass is 438 g/mol. The molecule has 1 nitrogen and oxygen atoms in total. The quantitative estimate of drug-likeness (QED) is 0.317. The molecule has 4 aromatic rings. The van der Waals surface area contributed by atoms with E-state index < -0.39 is 5.41 Å². The van der Waals surface area contributed by atoms with Crippen LogP contribution < -0.4 is 0 Å². The van der Waals surface area contributed by atoms with E-state index in [1.165, 1.54) is 0 Å². The normalized spacial score (nSPS) is 18.7. The van der Waals surface area contributed by atoms with Crippen LogP contribution >= 0.6 is 23.2 Å². The molecule has 31 heavy (non-hydrogen) atoms. The Balaban J connectivity index is 1.82. The summed E-state index contributed by atoms with van der Waals surface area (Å²) in [6.07, 6.45) is 0. The number of allylic oxidation sites excluding steroid dienone is 1. The van der Waals surface area contributed by atoms with Crippen molar-refractivity contribution < 1.29 is 4.79 Å². The van der Waals surface area contributed by atoms with Gasteiger partial charge in [-0.05, 0) is 63.2 Å². The van der Waals surface area contributed by atoms with E-state index in [1.54, 1.807) is 0 Å². The molecule has 2 aliphatic carbocycles. The first-order valence-corrected chi connectivity index (χ1v) is 10.9. The Bertz CT molecular complexity index is 1400. The molecule has 0 spiro atoms. The molecule has 0 N–H and O–H groups in total. The van der Waals surface area contributed by atoms with Gasteiger partial charge in [0.2, 0.25) is 0 Å². The number of halogens is 2. The molecule has 1 unspecified atom stereocenters. The molecule has 0 heterocycles. The van der Waals surface area contributed by atoms with Gasteiger partial charge in [0.25, 0.3) is 0 Å². The largest absolute Gasteiger partial charge is 0.292 e. The number of fused-ring (bicyclic) bond motifs is 5. The summed E-state index contributed by atoms with van der Waals surface area (Å²) in [4.78, 5) is 14.2. The van der Waals surface area contributed by atoms with Crippen LogP contribution in [0.1, 0.15) is 38.2 Å². The number of hydrogen-bond donors (Lipinski definition) is 0. The molecule has 1 atom stereocenters. The average Bonchev–Trinajstić information content (AvgIpc) is 3.24. The Hall–Kier alpha value is -3.13. The number of ketones is 1. The van der Waals surface area contributed by atoms with Gasteiger partial charge in [-0.3, -0.25) is 4.79 Å². The van der Waals surface area contributed by atoms with Gasteiger partial charge in [0, 0.05) is 15.6 Å². The Morgan fingerprint density at radius 3 is 2.00 bits per heavy atom. The minimum Gasteiger partial charge on any atom is -0.292 e. The topological polar surface area (TPSA) is 17.1 Å². The second-order valence-electron chi connectivity index (χ2n) is 7.94. The number of rotatable bonds is 2. The maximum absolute atomic E-state index is 14.2. The fraction of sp³-hybridized carbons (Fsp3) is 0.0357. The minimum absolute atomic E-state index is 0.0942. The molecular weight excluding hydrogens is 423 g/mol. The van der Waals surface area contributed by atoms with Gasteiger partial charge in [-0.15, -0.1) is 0 Å². The van der Waals surface area contributed by atoms with Gasteiger partial charge in [0.05, 0.1) is 0 Å². The van der Waals surface area contributed by atoms with Gasteiger partial charge in [0.15, 0.2) is 5.78 Å². The molecule has 0 radical (unpaired) electrons. The van der Waals surface area contributed by atoms with Crippen molar-refractivity contribution >= 4 is 40.1 Å². The molecule has 148 valence electrons. The highest BCUT2D eigenvalue weighted by molar-refractivity contribution is 6.33. The van der Waals surface area contributed by atoms with Crippen LogP contribution in [0.2, 0.25) is 10.0 Å². The van der Waals surface area contributed by atoms with Gasteiger partial charge in [0.1, 0.15) is 5.41 Å². The summed E-state index contributed by atoms with van der Waals surface area (Å²) in [6.45, 7) is 0. The zero-order valence-electron chi connectivity index (χ0n) is 16.4. The van der Waals surface area contributed by atoms with Crippen LogP contribution in [0.3, 0.4) is 0 Å². The van der Waals surface area contributed by atoms with Crippen molar-refractivity contribution in [1.29, 1.82) is 0 Å². The van der Waals surface area contributed by atoms with Gasteiger partial charge in [-0.1, -0.05) is 96.0 Å². The predicted molar refractivity (Wildman–Crippen MR) is 127 cm³/mol. The van der Waals surface area contributed by atoms with E-state index in [1.807, 2.05) is 91.0 Å². The van der Waals surface area contributed by atoms with Crippen LogP contribution in [0, 0.1) is 0 Å². The third-order valence-electron chi connectivity index (χ3n) is 6.40. The first-order valence-electron chi connectivity index (χ1n) is 10.1. The fourth-order valence-corrected chi connectivity index (χ4v) is 5.51. The third-order valence-corrected chi connectivity index (χ3v) is 6.89. The van der Waals surface area contributed by atoms with E-state index in [-0.39, 0.29) is 5.78 Å². The highest BCUT2D eigenvalue weighted by Crippen LogP contribution is 2.62. The fourth-order valence-electron chi connectivity index (χ4n) is 5.21. The molecule has 4 aromatic carbocycles. The molecule has 0 amide bonds. The Labute approximate surface area is 190 Å².